The van der Waals surface area contributed by atoms with Gasteiger partial charge in [0, 0.05) is 11.8 Å². The molecule has 6 nitrogen and oxygen atoms in total. The van der Waals surface area contributed by atoms with Crippen LogP contribution in [0.3, 0.4) is 0 Å². The van der Waals surface area contributed by atoms with E-state index in [-0.39, 0.29) is 10.5 Å². The van der Waals surface area contributed by atoms with Gasteiger partial charge >= 0.3 is 5.97 Å². The third kappa shape index (κ3) is 3.99. The Balaban J connectivity index is 2.85. The number of sulfone groups is 1. The molecule has 7 heteroatoms. The molecule has 0 atom stereocenters. The second kappa shape index (κ2) is 5.75. The van der Waals surface area contributed by atoms with Crippen LogP contribution >= 0.6 is 0 Å². The summed E-state index contributed by atoms with van der Waals surface area (Å²) < 4.78 is 26.6. The van der Waals surface area contributed by atoms with Crippen molar-refractivity contribution in [3.05, 3.63) is 29.8 Å². The Bertz CT molecular complexity index is 612. The smallest absolute Gasteiger partial charge is 0.374 e. The molecule has 0 aromatic heterocycles. The Morgan fingerprint density at radius 2 is 1.63 bits per heavy atom. The van der Waals surface area contributed by atoms with E-state index in [4.69, 9.17) is 0 Å². The molecular weight excluding hydrogens is 272 g/mol. The predicted molar refractivity (Wildman–Crippen MR) is 65.5 cm³/mol. The molecule has 0 fully saturated rings. The Kier molecular flexibility index (Phi) is 4.55. The Morgan fingerprint density at radius 3 is 2.05 bits per heavy atom. The summed E-state index contributed by atoms with van der Waals surface area (Å²) in [6, 6.07) is 5.13. The molecule has 0 radical (unpaired) electrons. The van der Waals surface area contributed by atoms with E-state index in [9.17, 15) is 22.8 Å². The van der Waals surface area contributed by atoms with Gasteiger partial charge in [-0.3, -0.25) is 9.59 Å². The molecule has 0 unspecified atom stereocenters. The lowest BCUT2D eigenvalue weighted by Crippen LogP contribution is -2.19. The number of hydrogen-bond donors (Lipinski definition) is 0. The number of ether oxygens (including phenoxy) is 1. The van der Waals surface area contributed by atoms with Crippen LogP contribution in [0.25, 0.3) is 0 Å². The molecule has 0 heterocycles. The highest BCUT2D eigenvalue weighted by atomic mass is 32.2. The third-order valence-electron chi connectivity index (χ3n) is 2.34. The van der Waals surface area contributed by atoms with Gasteiger partial charge in [0.25, 0.3) is 0 Å². The van der Waals surface area contributed by atoms with Gasteiger partial charge in [-0.1, -0.05) is 12.1 Å². The van der Waals surface area contributed by atoms with Gasteiger partial charge < -0.3 is 4.74 Å². The first-order valence-corrected chi connectivity index (χ1v) is 7.09. The van der Waals surface area contributed by atoms with Gasteiger partial charge in [-0.2, -0.15) is 0 Å². The molecule has 1 aromatic rings. The van der Waals surface area contributed by atoms with E-state index in [1.165, 1.54) is 24.3 Å². The van der Waals surface area contributed by atoms with Gasteiger partial charge in [0.05, 0.1) is 18.4 Å². The highest BCUT2D eigenvalue weighted by Crippen LogP contribution is 2.12. The standard InChI is InChI=1S/C12H12O6S/c1-18-12(15)11(14)7-10(13)8-3-5-9(6-4-8)19(2,16)17/h3-6H,7H2,1-2H3. The molecule has 0 aliphatic carbocycles. The van der Waals surface area contributed by atoms with Crippen molar-refractivity contribution in [3.8, 4) is 0 Å². The maximum atomic E-state index is 11.7. The van der Waals surface area contributed by atoms with E-state index in [0.29, 0.717) is 0 Å². The van der Waals surface area contributed by atoms with Crippen LogP contribution in [0.1, 0.15) is 16.8 Å². The predicted octanol–water partition coefficient (Wildman–Crippen LogP) is 0.405. The number of ketones is 2. The van der Waals surface area contributed by atoms with Crippen molar-refractivity contribution in [2.75, 3.05) is 13.4 Å². The summed E-state index contributed by atoms with van der Waals surface area (Å²) in [5.74, 6) is -2.60. The van der Waals surface area contributed by atoms with Crippen molar-refractivity contribution in [3.63, 3.8) is 0 Å². The lowest BCUT2D eigenvalue weighted by atomic mass is 10.1. The average molecular weight is 284 g/mol. The number of esters is 1. The van der Waals surface area contributed by atoms with Crippen LogP contribution in [0.5, 0.6) is 0 Å². The van der Waals surface area contributed by atoms with Gasteiger partial charge in [-0.25, -0.2) is 13.2 Å². The minimum Gasteiger partial charge on any atom is -0.463 e. The van der Waals surface area contributed by atoms with Gasteiger partial charge in [0.2, 0.25) is 5.78 Å². The SMILES string of the molecule is COC(=O)C(=O)CC(=O)c1ccc(S(C)(=O)=O)cc1. The molecule has 1 rings (SSSR count). The summed E-state index contributed by atoms with van der Waals surface area (Å²) in [5.41, 5.74) is 0.157. The molecule has 0 N–H and O–H groups in total. The van der Waals surface area contributed by atoms with Crippen LogP contribution in [0.4, 0.5) is 0 Å². The first-order chi connectivity index (χ1) is 8.75. The number of carbonyl (C=O) groups excluding carboxylic acids is 3. The summed E-state index contributed by atoms with van der Waals surface area (Å²) >= 11 is 0. The molecule has 0 spiro atoms. The molecule has 1 aromatic carbocycles. The van der Waals surface area contributed by atoms with Crippen molar-refractivity contribution in [2.24, 2.45) is 0 Å². The fourth-order valence-electron chi connectivity index (χ4n) is 1.32. The van der Waals surface area contributed by atoms with Crippen molar-refractivity contribution in [2.45, 2.75) is 11.3 Å². The average Bonchev–Trinajstić information content (AvgIpc) is 2.36. The van der Waals surface area contributed by atoms with E-state index in [1.807, 2.05) is 0 Å². The van der Waals surface area contributed by atoms with E-state index >= 15 is 0 Å². The number of carbonyl (C=O) groups is 3. The second-order valence-electron chi connectivity index (χ2n) is 3.81. The Labute approximate surface area is 110 Å². The van der Waals surface area contributed by atoms with Gasteiger partial charge in [0.1, 0.15) is 0 Å². The molecule has 102 valence electrons. The fourth-order valence-corrected chi connectivity index (χ4v) is 1.95. The van der Waals surface area contributed by atoms with Crippen LogP contribution in [0, 0.1) is 0 Å². The van der Waals surface area contributed by atoms with Crippen LogP contribution in [0.15, 0.2) is 29.2 Å². The topological polar surface area (TPSA) is 94.6 Å². The molecule has 0 bridgehead atoms. The second-order valence-corrected chi connectivity index (χ2v) is 5.83. The summed E-state index contributed by atoms with van der Waals surface area (Å²) in [4.78, 5) is 33.8. The molecule has 19 heavy (non-hydrogen) atoms. The van der Waals surface area contributed by atoms with E-state index < -0.39 is 33.8 Å². The van der Waals surface area contributed by atoms with Crippen molar-refractivity contribution in [1.29, 1.82) is 0 Å². The monoisotopic (exact) mass is 284 g/mol. The summed E-state index contributed by atoms with van der Waals surface area (Å²) in [6.07, 6.45) is 0.440. The van der Waals surface area contributed by atoms with E-state index in [0.717, 1.165) is 13.4 Å². The van der Waals surface area contributed by atoms with Crippen molar-refractivity contribution < 1.29 is 27.5 Å². The summed E-state index contributed by atoms with van der Waals surface area (Å²) in [6.45, 7) is 0. The zero-order chi connectivity index (χ0) is 14.6. The van der Waals surface area contributed by atoms with Crippen molar-refractivity contribution >= 4 is 27.4 Å². The molecule has 0 aliphatic heterocycles. The molecule has 0 saturated heterocycles. The maximum absolute atomic E-state index is 11.7. The number of benzene rings is 1. The summed E-state index contributed by atoms with van der Waals surface area (Å²) in [7, 11) is -2.29. The lowest BCUT2D eigenvalue weighted by Gasteiger charge is -2.02. The van der Waals surface area contributed by atoms with Gasteiger partial charge in [-0.05, 0) is 12.1 Å². The highest BCUT2D eigenvalue weighted by Gasteiger charge is 2.19. The minimum absolute atomic E-state index is 0.0725. The first-order valence-electron chi connectivity index (χ1n) is 5.20. The van der Waals surface area contributed by atoms with Gasteiger partial charge in [-0.15, -0.1) is 0 Å². The van der Waals surface area contributed by atoms with Crippen LogP contribution in [-0.2, 0) is 24.2 Å². The van der Waals surface area contributed by atoms with Crippen LogP contribution in [-0.4, -0.2) is 39.3 Å². The number of rotatable bonds is 5. The number of hydrogen-bond acceptors (Lipinski definition) is 6. The first kappa shape index (κ1) is 15.0. The third-order valence-corrected chi connectivity index (χ3v) is 3.47. The van der Waals surface area contributed by atoms with Crippen LogP contribution in [0.2, 0.25) is 0 Å². The van der Waals surface area contributed by atoms with E-state index in [2.05, 4.69) is 4.74 Å². The van der Waals surface area contributed by atoms with Crippen LogP contribution < -0.4 is 0 Å². The lowest BCUT2D eigenvalue weighted by molar-refractivity contribution is -0.151. The quantitative estimate of drug-likeness (QED) is 0.336. The number of Topliss-reactive ketones (excluding diaryl/α,β-unsaturated/α-hetero) is 2. The molecule has 0 aliphatic rings. The maximum Gasteiger partial charge on any atom is 0.374 e. The molecular formula is C12H12O6S. The molecule has 0 amide bonds. The largest absolute Gasteiger partial charge is 0.463 e. The zero-order valence-corrected chi connectivity index (χ0v) is 11.2. The normalized spacial score (nSPS) is 10.8. The molecule has 0 saturated carbocycles. The number of methoxy groups -OCH3 is 1. The highest BCUT2D eigenvalue weighted by molar-refractivity contribution is 7.90. The van der Waals surface area contributed by atoms with Crippen molar-refractivity contribution in [1.82, 2.24) is 0 Å². The zero-order valence-electron chi connectivity index (χ0n) is 10.4. The van der Waals surface area contributed by atoms with E-state index in [1.54, 1.807) is 0 Å². The minimum atomic E-state index is -3.34. The fraction of sp³-hybridized carbons (Fsp3) is 0.250. The summed E-state index contributed by atoms with van der Waals surface area (Å²) in [5, 5.41) is 0. The van der Waals surface area contributed by atoms with Gasteiger partial charge in [0.15, 0.2) is 15.6 Å². The Morgan fingerprint density at radius 1 is 1.11 bits per heavy atom. The Hall–Kier alpha value is -2.02.